The maximum atomic E-state index is 16.1. The Bertz CT molecular complexity index is 1910. The minimum absolute atomic E-state index is 0.247. The van der Waals surface area contributed by atoms with Crippen LogP contribution in [0.1, 0.15) is 11.1 Å². The third-order valence-corrected chi connectivity index (χ3v) is 6.55. The van der Waals surface area contributed by atoms with Gasteiger partial charge in [-0.05, 0) is 29.3 Å². The molecular formula is C29H21FN8O. The Hall–Kier alpha value is -5.22. The fourth-order valence-electron chi connectivity index (χ4n) is 4.66. The van der Waals surface area contributed by atoms with Crippen LogP contribution in [0, 0.1) is 5.82 Å². The summed E-state index contributed by atoms with van der Waals surface area (Å²) in [5.41, 5.74) is 6.58. The van der Waals surface area contributed by atoms with Crippen LogP contribution in [-0.4, -0.2) is 35.1 Å². The molecule has 0 saturated heterocycles. The van der Waals surface area contributed by atoms with Crippen LogP contribution in [0.15, 0.2) is 90.3 Å². The molecule has 0 atom stereocenters. The van der Waals surface area contributed by atoms with E-state index in [2.05, 4.69) is 47.6 Å². The average molecular weight is 517 g/mol. The highest BCUT2D eigenvalue weighted by molar-refractivity contribution is 5.96. The Morgan fingerprint density at radius 3 is 2.67 bits per heavy atom. The number of pyridine rings is 3. The van der Waals surface area contributed by atoms with Crippen LogP contribution in [-0.2, 0) is 13.1 Å². The highest BCUT2D eigenvalue weighted by Crippen LogP contribution is 2.34. The van der Waals surface area contributed by atoms with E-state index in [0.717, 1.165) is 23.2 Å². The van der Waals surface area contributed by atoms with Gasteiger partial charge in [0.1, 0.15) is 22.7 Å². The molecule has 0 aliphatic heterocycles. The molecule has 7 rings (SSSR count). The Labute approximate surface area is 221 Å². The van der Waals surface area contributed by atoms with Crippen LogP contribution >= 0.6 is 0 Å². The maximum absolute atomic E-state index is 16.1. The summed E-state index contributed by atoms with van der Waals surface area (Å²) in [6.45, 7) is 1.32. The van der Waals surface area contributed by atoms with Crippen molar-refractivity contribution in [3.05, 3.63) is 103 Å². The van der Waals surface area contributed by atoms with Crippen molar-refractivity contribution in [1.29, 1.82) is 0 Å². The van der Waals surface area contributed by atoms with Crippen molar-refractivity contribution >= 4 is 22.1 Å². The van der Waals surface area contributed by atoms with Gasteiger partial charge in [0.05, 0.1) is 23.4 Å². The van der Waals surface area contributed by atoms with Crippen molar-refractivity contribution in [3.8, 4) is 33.9 Å². The molecule has 0 amide bonds. The molecular weight excluding hydrogens is 495 g/mol. The molecule has 0 fully saturated rings. The van der Waals surface area contributed by atoms with Crippen LogP contribution in [0.2, 0.25) is 0 Å². The van der Waals surface area contributed by atoms with Gasteiger partial charge in [0.25, 0.3) is 0 Å². The van der Waals surface area contributed by atoms with Crippen LogP contribution in [0.4, 0.5) is 4.39 Å². The van der Waals surface area contributed by atoms with E-state index in [-0.39, 0.29) is 5.39 Å². The second-order valence-electron chi connectivity index (χ2n) is 9.11. The molecule has 6 aromatic heterocycles. The summed E-state index contributed by atoms with van der Waals surface area (Å²) >= 11 is 0. The van der Waals surface area contributed by atoms with Crippen molar-refractivity contribution < 1.29 is 8.81 Å². The van der Waals surface area contributed by atoms with E-state index in [4.69, 9.17) is 9.40 Å². The number of hydrogen-bond acceptors (Lipinski definition) is 7. The molecule has 0 spiro atoms. The second-order valence-corrected chi connectivity index (χ2v) is 9.11. The predicted octanol–water partition coefficient (Wildman–Crippen LogP) is 5.65. The first-order valence-corrected chi connectivity index (χ1v) is 12.3. The maximum Gasteiger partial charge on any atom is 0.159 e. The van der Waals surface area contributed by atoms with Gasteiger partial charge in [0, 0.05) is 54.6 Å². The van der Waals surface area contributed by atoms with Gasteiger partial charge in [-0.2, -0.15) is 5.10 Å². The molecule has 1 aromatic carbocycles. The second kappa shape index (κ2) is 9.58. The van der Waals surface area contributed by atoms with Gasteiger partial charge in [-0.3, -0.25) is 15.1 Å². The van der Waals surface area contributed by atoms with E-state index < -0.39 is 5.82 Å². The SMILES string of the molecule is Fc1c(-c2cncc(CNCc3ccccc3)c2)cnc2[nH]nc(-c3nc4c(-c5ccoc5)nccc4[nH]3)c12. The molecule has 10 heteroatoms. The Kier molecular flexibility index (Phi) is 5.64. The summed E-state index contributed by atoms with van der Waals surface area (Å²) < 4.78 is 21.3. The van der Waals surface area contributed by atoms with Crippen molar-refractivity contribution in [1.82, 2.24) is 40.4 Å². The minimum atomic E-state index is -0.450. The minimum Gasteiger partial charge on any atom is -0.472 e. The normalized spacial score (nSPS) is 11.5. The van der Waals surface area contributed by atoms with Crippen LogP contribution in [0.5, 0.6) is 0 Å². The molecule has 7 aromatic rings. The summed E-state index contributed by atoms with van der Waals surface area (Å²) in [7, 11) is 0. The number of aromatic nitrogens is 7. The standard InChI is InChI=1S/C29H21FN8O/c30-24-21(20-10-18(13-32-14-20)12-31-11-17-4-2-1-3-5-17)15-34-28-23(24)27(37-38-28)29-35-22-6-8-33-25(26(22)36-29)19-7-9-39-16-19/h1-10,13-16,31H,11-12H2,(H,35,36)(H,34,37,38). The summed E-state index contributed by atoms with van der Waals surface area (Å²) in [5.74, 6) is -0.0441. The summed E-state index contributed by atoms with van der Waals surface area (Å²) in [6, 6.07) is 15.7. The van der Waals surface area contributed by atoms with Crippen LogP contribution in [0.25, 0.3) is 56.0 Å². The third kappa shape index (κ3) is 4.22. The Morgan fingerprint density at radius 1 is 0.897 bits per heavy atom. The smallest absolute Gasteiger partial charge is 0.159 e. The molecule has 0 aliphatic rings. The number of furan rings is 1. The van der Waals surface area contributed by atoms with Crippen molar-refractivity contribution in [2.75, 3.05) is 0 Å². The van der Waals surface area contributed by atoms with Gasteiger partial charge in [0.2, 0.25) is 0 Å². The molecule has 0 unspecified atom stereocenters. The number of aromatic amines is 2. The molecule has 9 nitrogen and oxygen atoms in total. The van der Waals surface area contributed by atoms with Gasteiger partial charge >= 0.3 is 0 Å². The number of rotatable bonds is 7. The third-order valence-electron chi connectivity index (χ3n) is 6.55. The number of nitrogens with one attached hydrogen (secondary N) is 3. The van der Waals surface area contributed by atoms with Gasteiger partial charge < -0.3 is 14.7 Å². The van der Waals surface area contributed by atoms with E-state index in [1.165, 1.54) is 11.8 Å². The lowest BCUT2D eigenvalue weighted by Crippen LogP contribution is -2.12. The monoisotopic (exact) mass is 516 g/mol. The fraction of sp³-hybridized carbons (Fsp3) is 0.0690. The predicted molar refractivity (Wildman–Crippen MR) is 145 cm³/mol. The highest BCUT2D eigenvalue weighted by Gasteiger charge is 2.21. The molecule has 39 heavy (non-hydrogen) atoms. The topological polar surface area (TPSA) is 121 Å². The van der Waals surface area contributed by atoms with Crippen molar-refractivity contribution in [2.24, 2.45) is 0 Å². The number of H-pyrrole nitrogens is 2. The lowest BCUT2D eigenvalue weighted by Gasteiger charge is -2.08. The lowest BCUT2D eigenvalue weighted by molar-refractivity contribution is 0.568. The van der Waals surface area contributed by atoms with Crippen molar-refractivity contribution in [3.63, 3.8) is 0 Å². The first-order valence-electron chi connectivity index (χ1n) is 12.3. The van der Waals surface area contributed by atoms with E-state index in [1.54, 1.807) is 31.1 Å². The summed E-state index contributed by atoms with van der Waals surface area (Å²) in [6.07, 6.45) is 9.78. The number of hydrogen-bond donors (Lipinski definition) is 3. The summed E-state index contributed by atoms with van der Waals surface area (Å²) in [4.78, 5) is 21.2. The first kappa shape index (κ1) is 22.9. The zero-order chi connectivity index (χ0) is 26.2. The molecule has 0 saturated carbocycles. The Balaban J connectivity index is 1.23. The largest absolute Gasteiger partial charge is 0.472 e. The van der Waals surface area contributed by atoms with Gasteiger partial charge in [-0.25, -0.2) is 14.4 Å². The molecule has 0 bridgehead atoms. The fourth-order valence-corrected chi connectivity index (χ4v) is 4.66. The molecule has 3 N–H and O–H groups in total. The molecule has 190 valence electrons. The average Bonchev–Trinajstić information content (AvgIpc) is 3.74. The van der Waals surface area contributed by atoms with Crippen LogP contribution in [0.3, 0.4) is 0 Å². The number of halogens is 1. The highest BCUT2D eigenvalue weighted by atomic mass is 19.1. The lowest BCUT2D eigenvalue weighted by atomic mass is 10.1. The van der Waals surface area contributed by atoms with E-state index in [0.29, 0.717) is 46.0 Å². The number of imidazole rings is 1. The molecule has 0 radical (unpaired) electrons. The zero-order valence-corrected chi connectivity index (χ0v) is 20.5. The zero-order valence-electron chi connectivity index (χ0n) is 20.5. The first-order chi connectivity index (χ1) is 19.2. The van der Waals surface area contributed by atoms with E-state index in [9.17, 15) is 0 Å². The number of nitrogens with zero attached hydrogens (tertiary/aromatic N) is 5. The van der Waals surface area contributed by atoms with Gasteiger partial charge in [0.15, 0.2) is 11.5 Å². The molecule has 0 aliphatic carbocycles. The van der Waals surface area contributed by atoms with E-state index in [1.807, 2.05) is 36.4 Å². The quantitative estimate of drug-likeness (QED) is 0.250. The van der Waals surface area contributed by atoms with Crippen molar-refractivity contribution in [2.45, 2.75) is 13.1 Å². The van der Waals surface area contributed by atoms with Crippen LogP contribution < -0.4 is 5.32 Å². The van der Waals surface area contributed by atoms with E-state index >= 15 is 4.39 Å². The Morgan fingerprint density at radius 2 is 1.79 bits per heavy atom. The molecule has 6 heterocycles. The van der Waals surface area contributed by atoms with Gasteiger partial charge in [-0.15, -0.1) is 0 Å². The van der Waals surface area contributed by atoms with Gasteiger partial charge in [-0.1, -0.05) is 30.3 Å². The number of fused-ring (bicyclic) bond motifs is 2. The number of benzene rings is 1. The summed E-state index contributed by atoms with van der Waals surface area (Å²) in [5, 5.41) is 10.8.